The average molecular weight is 634 g/mol. The van der Waals surface area contributed by atoms with Crippen LogP contribution in [0.2, 0.25) is 0 Å². The summed E-state index contributed by atoms with van der Waals surface area (Å²) in [6, 6.07) is 40.9. The van der Waals surface area contributed by atoms with E-state index in [0.29, 0.717) is 17.7 Å². The third-order valence-electron chi connectivity index (χ3n) is 7.91. The first-order valence-electron chi connectivity index (χ1n) is 14.2. The number of imidazole rings is 1. The zero-order valence-electron chi connectivity index (χ0n) is 23.5. The van der Waals surface area contributed by atoms with Crippen molar-refractivity contribution in [3.63, 3.8) is 0 Å². The van der Waals surface area contributed by atoms with E-state index in [0.717, 1.165) is 26.7 Å². The first-order chi connectivity index (χ1) is 20.9. The smallest absolute Gasteiger partial charge is 0.171 e. The van der Waals surface area contributed by atoms with E-state index in [4.69, 9.17) is 4.98 Å². The molecule has 1 unspecified atom stereocenters. The Kier molecular flexibility index (Phi) is 7.98. The number of benzene rings is 5. The van der Waals surface area contributed by atoms with Crippen molar-refractivity contribution in [1.82, 2.24) is 9.55 Å². The highest BCUT2D eigenvalue weighted by Gasteiger charge is 2.42. The SMILES string of the molecule is CCc1cc(O)c(F)c(C(O)c2nc(-c3ccccc3Br)cn2C(c2ccccc2)(c2ccccc2)c2ccccc2)c1. The van der Waals surface area contributed by atoms with Crippen LogP contribution in [0.3, 0.4) is 0 Å². The van der Waals surface area contributed by atoms with Gasteiger partial charge in [0.05, 0.1) is 5.69 Å². The second-order valence-electron chi connectivity index (χ2n) is 10.4. The highest BCUT2D eigenvalue weighted by molar-refractivity contribution is 9.10. The number of aliphatic hydroxyl groups is 1. The number of phenols is 1. The van der Waals surface area contributed by atoms with Gasteiger partial charge in [-0.3, -0.25) is 0 Å². The molecule has 214 valence electrons. The van der Waals surface area contributed by atoms with Crippen LogP contribution in [0, 0.1) is 5.82 Å². The topological polar surface area (TPSA) is 58.3 Å². The summed E-state index contributed by atoms with van der Waals surface area (Å²) in [6.07, 6.45) is 0.989. The van der Waals surface area contributed by atoms with E-state index in [2.05, 4.69) is 52.3 Å². The van der Waals surface area contributed by atoms with Crippen LogP contribution in [0.4, 0.5) is 4.39 Å². The fourth-order valence-electron chi connectivity index (χ4n) is 5.84. The van der Waals surface area contributed by atoms with Gasteiger partial charge >= 0.3 is 0 Å². The summed E-state index contributed by atoms with van der Waals surface area (Å²) in [4.78, 5) is 5.02. The van der Waals surface area contributed by atoms with Gasteiger partial charge in [-0.25, -0.2) is 9.37 Å². The molecule has 6 aromatic rings. The van der Waals surface area contributed by atoms with Gasteiger partial charge in [0.25, 0.3) is 0 Å². The Morgan fingerprint density at radius 1 is 0.791 bits per heavy atom. The number of aromatic hydroxyl groups is 1. The molecule has 0 radical (unpaired) electrons. The lowest BCUT2D eigenvalue weighted by Crippen LogP contribution is -2.39. The lowest BCUT2D eigenvalue weighted by atomic mass is 9.76. The Balaban J connectivity index is 1.75. The highest BCUT2D eigenvalue weighted by atomic mass is 79.9. The Bertz CT molecular complexity index is 1760. The van der Waals surface area contributed by atoms with Crippen LogP contribution in [0.15, 0.2) is 138 Å². The molecule has 0 bridgehead atoms. The molecule has 4 nitrogen and oxygen atoms in total. The standard InChI is InChI=1S/C37H30BrFN2O2/c1-2-25-22-30(34(39)33(42)23-25)35(43)36-40-32(29-20-12-13-21-31(29)38)24-41(36)37(26-14-6-3-7-15-26,27-16-8-4-9-17-27)28-18-10-5-11-19-28/h3-24,35,42-43H,2H2,1H3. The molecule has 1 heterocycles. The molecule has 5 aromatic carbocycles. The van der Waals surface area contributed by atoms with Crippen LogP contribution >= 0.6 is 15.9 Å². The van der Waals surface area contributed by atoms with Gasteiger partial charge < -0.3 is 14.8 Å². The van der Waals surface area contributed by atoms with E-state index >= 15 is 4.39 Å². The number of halogens is 2. The maximum Gasteiger partial charge on any atom is 0.171 e. The van der Waals surface area contributed by atoms with Crippen molar-refractivity contribution < 1.29 is 14.6 Å². The molecule has 0 amide bonds. The van der Waals surface area contributed by atoms with Crippen LogP contribution < -0.4 is 0 Å². The zero-order chi connectivity index (χ0) is 30.0. The summed E-state index contributed by atoms with van der Waals surface area (Å²) in [7, 11) is 0. The maximum absolute atomic E-state index is 15.6. The van der Waals surface area contributed by atoms with Crippen molar-refractivity contribution in [2.24, 2.45) is 0 Å². The molecule has 0 saturated heterocycles. The first-order valence-corrected chi connectivity index (χ1v) is 14.9. The van der Waals surface area contributed by atoms with Crippen molar-refractivity contribution >= 4 is 15.9 Å². The molecule has 0 aliphatic rings. The first kappa shape index (κ1) is 28.6. The van der Waals surface area contributed by atoms with Gasteiger partial charge in [0.15, 0.2) is 11.6 Å². The van der Waals surface area contributed by atoms with Gasteiger partial charge in [0.2, 0.25) is 0 Å². The van der Waals surface area contributed by atoms with Crippen LogP contribution in [-0.2, 0) is 12.0 Å². The molecule has 0 saturated carbocycles. The van der Waals surface area contributed by atoms with Crippen molar-refractivity contribution in [3.8, 4) is 17.0 Å². The molecule has 1 atom stereocenters. The summed E-state index contributed by atoms with van der Waals surface area (Å²) < 4.78 is 18.4. The van der Waals surface area contributed by atoms with Crippen molar-refractivity contribution in [2.75, 3.05) is 0 Å². The molecule has 43 heavy (non-hydrogen) atoms. The molecule has 0 aliphatic heterocycles. The summed E-state index contributed by atoms with van der Waals surface area (Å²) in [5.41, 5.74) is 3.89. The van der Waals surface area contributed by atoms with Crippen molar-refractivity contribution in [1.29, 1.82) is 0 Å². The third-order valence-corrected chi connectivity index (χ3v) is 8.60. The summed E-state index contributed by atoms with van der Waals surface area (Å²) in [6.45, 7) is 1.92. The van der Waals surface area contributed by atoms with Gasteiger partial charge in [-0.15, -0.1) is 0 Å². The molecule has 2 N–H and O–H groups in total. The summed E-state index contributed by atoms with van der Waals surface area (Å²) >= 11 is 3.67. The van der Waals surface area contributed by atoms with Crippen molar-refractivity contribution in [3.05, 3.63) is 178 Å². The lowest BCUT2D eigenvalue weighted by molar-refractivity contribution is 0.194. The van der Waals surface area contributed by atoms with Gasteiger partial charge in [-0.2, -0.15) is 0 Å². The molecule has 0 spiro atoms. The second kappa shape index (κ2) is 12.0. The van der Waals surface area contributed by atoms with E-state index in [1.54, 1.807) is 6.07 Å². The van der Waals surface area contributed by atoms with Crippen molar-refractivity contribution in [2.45, 2.75) is 25.0 Å². The Hall–Kier alpha value is -4.52. The zero-order valence-corrected chi connectivity index (χ0v) is 25.1. The number of hydrogen-bond acceptors (Lipinski definition) is 3. The molecule has 0 fully saturated rings. The van der Waals surface area contributed by atoms with Crippen LogP contribution in [0.25, 0.3) is 11.3 Å². The van der Waals surface area contributed by atoms with E-state index in [1.165, 1.54) is 6.07 Å². The molecular formula is C37H30BrFN2O2. The Morgan fingerprint density at radius 3 is 1.81 bits per heavy atom. The molecule has 6 heteroatoms. The molecule has 1 aromatic heterocycles. The number of hydrogen-bond donors (Lipinski definition) is 2. The van der Waals surface area contributed by atoms with Crippen LogP contribution in [0.5, 0.6) is 5.75 Å². The van der Waals surface area contributed by atoms with Gasteiger partial charge in [-0.1, -0.05) is 132 Å². The van der Waals surface area contributed by atoms with Gasteiger partial charge in [-0.05, 0) is 46.9 Å². The minimum atomic E-state index is -1.50. The lowest BCUT2D eigenvalue weighted by Gasteiger charge is -2.39. The monoisotopic (exact) mass is 632 g/mol. The predicted molar refractivity (Wildman–Crippen MR) is 171 cm³/mol. The van der Waals surface area contributed by atoms with Crippen LogP contribution in [0.1, 0.15) is 46.7 Å². The average Bonchev–Trinajstić information content (AvgIpc) is 3.49. The van der Waals surface area contributed by atoms with E-state index in [-0.39, 0.29) is 11.4 Å². The molecule has 0 aliphatic carbocycles. The fourth-order valence-corrected chi connectivity index (χ4v) is 6.33. The number of nitrogens with zero attached hydrogens (tertiary/aromatic N) is 2. The largest absolute Gasteiger partial charge is 0.505 e. The van der Waals surface area contributed by atoms with E-state index in [1.807, 2.05) is 96.6 Å². The Morgan fingerprint density at radius 2 is 1.30 bits per heavy atom. The van der Waals surface area contributed by atoms with E-state index in [9.17, 15) is 10.2 Å². The van der Waals surface area contributed by atoms with Gasteiger partial charge in [0.1, 0.15) is 17.5 Å². The highest BCUT2D eigenvalue weighted by Crippen LogP contribution is 2.45. The van der Waals surface area contributed by atoms with E-state index < -0.39 is 23.2 Å². The molecular weight excluding hydrogens is 603 g/mol. The quantitative estimate of drug-likeness (QED) is 0.165. The fraction of sp³-hybridized carbons (Fsp3) is 0.108. The summed E-state index contributed by atoms with van der Waals surface area (Å²) in [5.74, 6) is -1.14. The van der Waals surface area contributed by atoms with Crippen LogP contribution in [-0.4, -0.2) is 19.8 Å². The number of rotatable bonds is 8. The minimum Gasteiger partial charge on any atom is -0.505 e. The number of phenolic OH excluding ortho intramolecular Hbond substituents is 1. The number of aliphatic hydroxyl groups excluding tert-OH is 1. The number of aromatic nitrogens is 2. The second-order valence-corrected chi connectivity index (χ2v) is 11.3. The predicted octanol–water partition coefficient (Wildman–Crippen LogP) is 8.64. The third kappa shape index (κ3) is 5.07. The normalized spacial score (nSPS) is 12.3. The number of aryl methyl sites for hydroxylation is 1. The Labute approximate surface area is 258 Å². The minimum absolute atomic E-state index is 0.0366. The molecule has 6 rings (SSSR count). The maximum atomic E-state index is 15.6. The van der Waals surface area contributed by atoms with Gasteiger partial charge in [0, 0.05) is 21.8 Å². The summed E-state index contributed by atoms with van der Waals surface area (Å²) in [5, 5.41) is 22.6.